The minimum atomic E-state index is -0.456. The molecule has 5 N–H and O–H groups in total. The molecule has 0 bridgehead atoms. The fourth-order valence-electron chi connectivity index (χ4n) is 2.47. The van der Waals surface area contributed by atoms with Crippen molar-refractivity contribution >= 4 is 41.3 Å². The average Bonchev–Trinajstić information content (AvgIpc) is 2.70. The number of halogens is 1. The standard InChI is InChI=1S/C19H23N5O4.ClH/c20-11-13-22-19(26)16-4-1-2-5-17(16)23-18(25)6-3-12-21-14-7-9-15(10-8-14)24(27)28;/h1-2,4-5,7-10,21H,3,6,11-13,20H2,(H,22,26)(H,23,25);1H. The first-order valence-electron chi connectivity index (χ1n) is 8.86. The van der Waals surface area contributed by atoms with E-state index in [4.69, 9.17) is 5.73 Å². The van der Waals surface area contributed by atoms with Crippen LogP contribution in [-0.4, -0.2) is 36.4 Å². The zero-order valence-corrected chi connectivity index (χ0v) is 16.5. The van der Waals surface area contributed by atoms with Gasteiger partial charge < -0.3 is 21.7 Å². The molecule has 0 heterocycles. The van der Waals surface area contributed by atoms with E-state index in [-0.39, 0.29) is 36.3 Å². The summed E-state index contributed by atoms with van der Waals surface area (Å²) in [5, 5.41) is 19.2. The van der Waals surface area contributed by atoms with Crippen LogP contribution in [0.3, 0.4) is 0 Å². The maximum Gasteiger partial charge on any atom is 0.269 e. The van der Waals surface area contributed by atoms with E-state index >= 15 is 0 Å². The maximum atomic E-state index is 12.2. The molecule has 0 aliphatic carbocycles. The van der Waals surface area contributed by atoms with Crippen LogP contribution in [0.2, 0.25) is 0 Å². The highest BCUT2D eigenvalue weighted by Gasteiger charge is 2.12. The topological polar surface area (TPSA) is 139 Å². The molecule has 29 heavy (non-hydrogen) atoms. The Bertz CT molecular complexity index is 830. The molecule has 0 aromatic heterocycles. The number of carbonyl (C=O) groups excluding carboxylic acids is 2. The number of nitrogens with two attached hydrogens (primary N) is 1. The summed E-state index contributed by atoms with van der Waals surface area (Å²) in [5.74, 6) is -0.495. The van der Waals surface area contributed by atoms with Gasteiger partial charge in [0.05, 0.1) is 16.2 Å². The number of benzene rings is 2. The second-order valence-corrected chi connectivity index (χ2v) is 5.97. The number of rotatable bonds is 10. The molecule has 2 amide bonds. The molecule has 0 saturated heterocycles. The lowest BCUT2D eigenvalue weighted by molar-refractivity contribution is -0.384. The fourth-order valence-corrected chi connectivity index (χ4v) is 2.47. The van der Waals surface area contributed by atoms with Crippen LogP contribution in [-0.2, 0) is 4.79 Å². The minimum Gasteiger partial charge on any atom is -0.385 e. The van der Waals surface area contributed by atoms with Gasteiger partial charge in [0.2, 0.25) is 5.91 Å². The molecule has 0 saturated carbocycles. The lowest BCUT2D eigenvalue weighted by Gasteiger charge is -2.11. The number of hydrogen-bond donors (Lipinski definition) is 4. The quantitative estimate of drug-likeness (QED) is 0.264. The Hall–Kier alpha value is -3.17. The highest BCUT2D eigenvalue weighted by molar-refractivity contribution is 6.03. The van der Waals surface area contributed by atoms with Gasteiger partial charge >= 0.3 is 0 Å². The van der Waals surface area contributed by atoms with Crippen LogP contribution >= 0.6 is 12.4 Å². The van der Waals surface area contributed by atoms with E-state index in [2.05, 4.69) is 16.0 Å². The van der Waals surface area contributed by atoms with Gasteiger partial charge in [-0.15, -0.1) is 12.4 Å². The molecule has 9 nitrogen and oxygen atoms in total. The smallest absolute Gasteiger partial charge is 0.269 e. The maximum absolute atomic E-state index is 12.2. The predicted octanol–water partition coefficient (Wildman–Crippen LogP) is 2.54. The van der Waals surface area contributed by atoms with Gasteiger partial charge in [-0.2, -0.15) is 0 Å². The van der Waals surface area contributed by atoms with Crippen molar-refractivity contribution in [3.63, 3.8) is 0 Å². The number of hydrogen-bond acceptors (Lipinski definition) is 6. The second kappa shape index (κ2) is 12.3. The summed E-state index contributed by atoms with van der Waals surface area (Å²) in [6.45, 7) is 1.22. The van der Waals surface area contributed by atoms with E-state index in [9.17, 15) is 19.7 Å². The molecule has 156 valence electrons. The SMILES string of the molecule is Cl.NCCNC(=O)c1ccccc1NC(=O)CCCNc1ccc([N+](=O)[O-])cc1. The van der Waals surface area contributed by atoms with Crippen molar-refractivity contribution in [1.29, 1.82) is 0 Å². The summed E-state index contributed by atoms with van der Waals surface area (Å²) in [6, 6.07) is 12.8. The Labute approximate surface area is 174 Å². The number of non-ortho nitro benzene ring substituents is 1. The van der Waals surface area contributed by atoms with Crippen molar-refractivity contribution in [1.82, 2.24) is 5.32 Å². The third kappa shape index (κ3) is 7.76. The van der Waals surface area contributed by atoms with Crippen LogP contribution in [0.15, 0.2) is 48.5 Å². The van der Waals surface area contributed by atoms with Crippen LogP contribution in [0.5, 0.6) is 0 Å². The van der Waals surface area contributed by atoms with E-state index in [1.165, 1.54) is 12.1 Å². The van der Waals surface area contributed by atoms with Crippen molar-refractivity contribution in [2.45, 2.75) is 12.8 Å². The monoisotopic (exact) mass is 421 g/mol. The average molecular weight is 422 g/mol. The highest BCUT2D eigenvalue weighted by Crippen LogP contribution is 2.17. The van der Waals surface area contributed by atoms with Gasteiger partial charge in [-0.25, -0.2) is 0 Å². The Morgan fingerprint density at radius 3 is 2.38 bits per heavy atom. The van der Waals surface area contributed by atoms with Gasteiger partial charge in [0, 0.05) is 43.9 Å². The number of nitrogens with zero attached hydrogens (tertiary/aromatic N) is 1. The molecule has 10 heteroatoms. The molecular weight excluding hydrogens is 398 g/mol. The molecule has 2 rings (SSSR count). The van der Waals surface area contributed by atoms with E-state index in [0.29, 0.717) is 37.3 Å². The first-order valence-corrected chi connectivity index (χ1v) is 8.86. The van der Waals surface area contributed by atoms with E-state index in [0.717, 1.165) is 5.69 Å². The fraction of sp³-hybridized carbons (Fsp3) is 0.263. The summed E-state index contributed by atoms with van der Waals surface area (Å²) in [6.07, 6.45) is 0.823. The second-order valence-electron chi connectivity index (χ2n) is 5.97. The zero-order valence-electron chi connectivity index (χ0n) is 15.7. The number of nitrogens with one attached hydrogen (secondary N) is 3. The molecule has 0 aliphatic heterocycles. The number of amides is 2. The molecule has 0 fully saturated rings. The summed E-state index contributed by atoms with van der Waals surface area (Å²) in [4.78, 5) is 34.5. The molecule has 2 aromatic carbocycles. The molecule has 0 atom stereocenters. The van der Waals surface area contributed by atoms with Gasteiger partial charge in [0.1, 0.15) is 0 Å². The van der Waals surface area contributed by atoms with Crippen molar-refractivity contribution in [2.24, 2.45) is 5.73 Å². The largest absolute Gasteiger partial charge is 0.385 e. The van der Waals surface area contributed by atoms with Gasteiger partial charge in [-0.3, -0.25) is 19.7 Å². The molecule has 0 unspecified atom stereocenters. The molecule has 0 spiro atoms. The number of para-hydroxylation sites is 1. The number of anilines is 2. The molecule has 0 radical (unpaired) electrons. The van der Waals surface area contributed by atoms with Gasteiger partial charge in [0.15, 0.2) is 0 Å². The van der Waals surface area contributed by atoms with E-state index in [1.54, 1.807) is 36.4 Å². The Kier molecular flexibility index (Phi) is 10.1. The Morgan fingerprint density at radius 1 is 1.03 bits per heavy atom. The Morgan fingerprint density at radius 2 is 1.72 bits per heavy atom. The van der Waals surface area contributed by atoms with Crippen LogP contribution in [0.1, 0.15) is 23.2 Å². The lowest BCUT2D eigenvalue weighted by Crippen LogP contribution is -2.30. The summed E-state index contributed by atoms with van der Waals surface area (Å²) in [7, 11) is 0. The lowest BCUT2D eigenvalue weighted by atomic mass is 10.1. The summed E-state index contributed by atoms with van der Waals surface area (Å²) >= 11 is 0. The van der Waals surface area contributed by atoms with Crippen molar-refractivity contribution in [3.8, 4) is 0 Å². The first-order chi connectivity index (χ1) is 13.5. The third-order valence-corrected chi connectivity index (χ3v) is 3.86. The predicted molar refractivity (Wildman–Crippen MR) is 115 cm³/mol. The Balaban J connectivity index is 0.00000420. The third-order valence-electron chi connectivity index (χ3n) is 3.86. The molecular formula is C19H24ClN5O4. The van der Waals surface area contributed by atoms with E-state index in [1.807, 2.05) is 0 Å². The van der Waals surface area contributed by atoms with Crippen molar-refractivity contribution < 1.29 is 14.5 Å². The van der Waals surface area contributed by atoms with E-state index < -0.39 is 4.92 Å². The molecule has 2 aromatic rings. The zero-order chi connectivity index (χ0) is 20.4. The van der Waals surface area contributed by atoms with Gasteiger partial charge in [0.25, 0.3) is 11.6 Å². The summed E-state index contributed by atoms with van der Waals surface area (Å²) in [5.41, 5.74) is 6.99. The van der Waals surface area contributed by atoms with Gasteiger partial charge in [-0.05, 0) is 30.7 Å². The number of carbonyl (C=O) groups is 2. The minimum absolute atomic E-state index is 0. The number of nitro benzene ring substituents is 1. The highest BCUT2D eigenvalue weighted by atomic mass is 35.5. The molecule has 0 aliphatic rings. The van der Waals surface area contributed by atoms with Crippen molar-refractivity contribution in [2.75, 3.05) is 30.3 Å². The first kappa shape index (κ1) is 23.9. The van der Waals surface area contributed by atoms with Gasteiger partial charge in [-0.1, -0.05) is 12.1 Å². The number of nitro groups is 1. The van der Waals surface area contributed by atoms with Crippen LogP contribution in [0, 0.1) is 10.1 Å². The van der Waals surface area contributed by atoms with Crippen LogP contribution in [0.25, 0.3) is 0 Å². The van der Waals surface area contributed by atoms with Crippen molar-refractivity contribution in [3.05, 3.63) is 64.2 Å². The van der Waals surface area contributed by atoms with Crippen LogP contribution in [0.4, 0.5) is 17.1 Å². The normalized spacial score (nSPS) is 9.83. The van der Waals surface area contributed by atoms with Crippen LogP contribution < -0.4 is 21.7 Å². The summed E-state index contributed by atoms with van der Waals surface area (Å²) < 4.78 is 0.